The maximum Gasteiger partial charge on any atom is 0.287 e. The minimum Gasteiger partial charge on any atom is -0.275 e. The maximum absolute atomic E-state index is 11.5. The molecule has 0 saturated heterocycles. The highest BCUT2D eigenvalue weighted by Crippen LogP contribution is 2.15. The zero-order chi connectivity index (χ0) is 13.8. The van der Waals surface area contributed by atoms with Gasteiger partial charge in [-0.25, -0.2) is 4.68 Å². The number of aromatic nitrogens is 2. The molecule has 2 rings (SSSR count). The summed E-state index contributed by atoms with van der Waals surface area (Å²) in [5.41, 5.74) is 3.37. The summed E-state index contributed by atoms with van der Waals surface area (Å²) >= 11 is 11.8. The third-order valence-electron chi connectivity index (χ3n) is 2.37. The Morgan fingerprint density at radius 2 is 2.11 bits per heavy atom. The van der Waals surface area contributed by atoms with Crippen LogP contribution in [0.2, 0.25) is 10.0 Å². The quantitative estimate of drug-likeness (QED) is 0.699. The summed E-state index contributed by atoms with van der Waals surface area (Å²) in [5.74, 6) is 0. The molecule has 7 heteroatoms. The molecular formula is C12H10Cl2N4O. The first kappa shape index (κ1) is 13.6. The van der Waals surface area contributed by atoms with Crippen LogP contribution in [0.1, 0.15) is 5.56 Å². The fourth-order valence-corrected chi connectivity index (χ4v) is 1.74. The summed E-state index contributed by atoms with van der Waals surface area (Å²) in [4.78, 5) is 11.5. The number of halogens is 2. The molecule has 0 bridgehead atoms. The van der Waals surface area contributed by atoms with Gasteiger partial charge in [-0.2, -0.15) is 10.2 Å². The number of benzene rings is 1. The number of hydrogen-bond acceptors (Lipinski definition) is 4. The van der Waals surface area contributed by atoms with Crippen molar-refractivity contribution in [3.05, 3.63) is 56.4 Å². The molecular weight excluding hydrogens is 287 g/mol. The Bertz CT molecular complexity index is 682. The predicted molar refractivity (Wildman–Crippen MR) is 77.2 cm³/mol. The number of anilines is 1. The molecule has 0 saturated carbocycles. The van der Waals surface area contributed by atoms with Gasteiger partial charge in [-0.1, -0.05) is 41.4 Å². The van der Waals surface area contributed by atoms with E-state index in [2.05, 4.69) is 15.6 Å². The van der Waals surface area contributed by atoms with Gasteiger partial charge in [-0.05, 0) is 6.07 Å². The van der Waals surface area contributed by atoms with Crippen LogP contribution in [0.15, 0.2) is 40.4 Å². The van der Waals surface area contributed by atoms with E-state index in [-0.39, 0.29) is 10.6 Å². The lowest BCUT2D eigenvalue weighted by molar-refractivity contribution is 0.708. The van der Waals surface area contributed by atoms with Gasteiger partial charge >= 0.3 is 0 Å². The highest BCUT2D eigenvalue weighted by molar-refractivity contribution is 6.33. The molecule has 1 heterocycles. The Kier molecular flexibility index (Phi) is 4.19. The molecule has 19 heavy (non-hydrogen) atoms. The van der Waals surface area contributed by atoms with Crippen molar-refractivity contribution in [2.24, 2.45) is 12.1 Å². The molecule has 0 aliphatic heterocycles. The SMILES string of the molecule is Cn1ncc(N/N=C\c2ccccc2Cl)c(Cl)c1=O. The van der Waals surface area contributed by atoms with Crippen molar-refractivity contribution in [3.63, 3.8) is 0 Å². The third-order valence-corrected chi connectivity index (χ3v) is 3.08. The predicted octanol–water partition coefficient (Wildman–Crippen LogP) is 2.53. The Morgan fingerprint density at radius 3 is 2.84 bits per heavy atom. The first-order valence-electron chi connectivity index (χ1n) is 5.35. The number of hydrazone groups is 1. The van der Waals surface area contributed by atoms with Crippen LogP contribution < -0.4 is 11.0 Å². The van der Waals surface area contributed by atoms with E-state index in [1.807, 2.05) is 18.2 Å². The molecule has 1 aromatic carbocycles. The van der Waals surface area contributed by atoms with Gasteiger partial charge < -0.3 is 0 Å². The monoisotopic (exact) mass is 296 g/mol. The molecule has 0 aliphatic rings. The minimum atomic E-state index is -0.389. The van der Waals surface area contributed by atoms with E-state index < -0.39 is 0 Å². The topological polar surface area (TPSA) is 59.3 Å². The van der Waals surface area contributed by atoms with Crippen molar-refractivity contribution in [2.45, 2.75) is 0 Å². The van der Waals surface area contributed by atoms with Crippen LogP contribution in [-0.2, 0) is 7.05 Å². The van der Waals surface area contributed by atoms with Crippen LogP contribution >= 0.6 is 23.2 Å². The van der Waals surface area contributed by atoms with Crippen LogP contribution in [0.4, 0.5) is 5.69 Å². The van der Waals surface area contributed by atoms with E-state index >= 15 is 0 Å². The van der Waals surface area contributed by atoms with Crippen LogP contribution in [0.3, 0.4) is 0 Å². The van der Waals surface area contributed by atoms with E-state index in [1.165, 1.54) is 19.5 Å². The smallest absolute Gasteiger partial charge is 0.275 e. The molecule has 0 spiro atoms. The zero-order valence-corrected chi connectivity index (χ0v) is 11.5. The van der Waals surface area contributed by atoms with Crippen molar-refractivity contribution in [3.8, 4) is 0 Å². The summed E-state index contributed by atoms with van der Waals surface area (Å²) in [5, 5.41) is 8.43. The van der Waals surface area contributed by atoms with Gasteiger partial charge in [0.1, 0.15) is 10.7 Å². The lowest BCUT2D eigenvalue weighted by Crippen LogP contribution is -2.20. The Labute approximate surface area is 119 Å². The average molecular weight is 297 g/mol. The lowest BCUT2D eigenvalue weighted by atomic mass is 10.2. The van der Waals surface area contributed by atoms with E-state index in [0.29, 0.717) is 10.7 Å². The van der Waals surface area contributed by atoms with Gasteiger partial charge in [-0.3, -0.25) is 10.2 Å². The van der Waals surface area contributed by atoms with E-state index in [0.717, 1.165) is 10.2 Å². The summed E-state index contributed by atoms with van der Waals surface area (Å²) in [6, 6.07) is 7.25. The van der Waals surface area contributed by atoms with Crippen molar-refractivity contribution in [1.82, 2.24) is 9.78 Å². The Morgan fingerprint density at radius 1 is 1.37 bits per heavy atom. The molecule has 0 atom stereocenters. The van der Waals surface area contributed by atoms with Gasteiger partial charge in [0.2, 0.25) is 0 Å². The summed E-state index contributed by atoms with van der Waals surface area (Å²) < 4.78 is 1.14. The zero-order valence-electron chi connectivity index (χ0n) is 9.97. The van der Waals surface area contributed by atoms with Gasteiger partial charge in [0.15, 0.2) is 0 Å². The molecule has 98 valence electrons. The average Bonchev–Trinajstić information content (AvgIpc) is 2.41. The largest absolute Gasteiger partial charge is 0.287 e. The lowest BCUT2D eigenvalue weighted by Gasteiger charge is -2.03. The van der Waals surface area contributed by atoms with Crippen LogP contribution in [0.25, 0.3) is 0 Å². The van der Waals surface area contributed by atoms with Gasteiger partial charge in [0.25, 0.3) is 5.56 Å². The molecule has 2 aromatic rings. The van der Waals surface area contributed by atoms with E-state index in [9.17, 15) is 4.79 Å². The summed E-state index contributed by atoms with van der Waals surface area (Å²) in [6.45, 7) is 0. The first-order valence-corrected chi connectivity index (χ1v) is 6.10. The molecule has 0 radical (unpaired) electrons. The standard InChI is InChI=1S/C12H10Cl2N4O/c1-18-12(19)11(14)10(7-16-18)17-15-6-8-4-2-3-5-9(8)13/h2-7,17H,1H3/b15-6-. The van der Waals surface area contributed by atoms with E-state index in [4.69, 9.17) is 23.2 Å². The second-order valence-electron chi connectivity index (χ2n) is 3.69. The van der Waals surface area contributed by atoms with Crippen LogP contribution in [0.5, 0.6) is 0 Å². The van der Waals surface area contributed by atoms with E-state index in [1.54, 1.807) is 6.07 Å². The normalized spacial score (nSPS) is 10.9. The van der Waals surface area contributed by atoms with Gasteiger partial charge in [0, 0.05) is 17.6 Å². The van der Waals surface area contributed by atoms with Crippen molar-refractivity contribution in [2.75, 3.05) is 5.43 Å². The number of nitrogens with zero attached hydrogens (tertiary/aromatic N) is 3. The fourth-order valence-electron chi connectivity index (χ4n) is 1.34. The highest BCUT2D eigenvalue weighted by atomic mass is 35.5. The number of rotatable bonds is 3. The number of hydrogen-bond donors (Lipinski definition) is 1. The van der Waals surface area contributed by atoms with Crippen LogP contribution in [0, 0.1) is 0 Å². The molecule has 0 unspecified atom stereocenters. The Balaban J connectivity index is 2.18. The first-order chi connectivity index (χ1) is 9.09. The highest BCUT2D eigenvalue weighted by Gasteiger charge is 2.05. The summed E-state index contributed by atoms with van der Waals surface area (Å²) in [6.07, 6.45) is 2.96. The maximum atomic E-state index is 11.5. The second kappa shape index (κ2) is 5.86. The number of nitrogens with one attached hydrogen (secondary N) is 1. The second-order valence-corrected chi connectivity index (χ2v) is 4.48. The van der Waals surface area contributed by atoms with Crippen molar-refractivity contribution < 1.29 is 0 Å². The molecule has 0 fully saturated rings. The molecule has 1 N–H and O–H groups in total. The molecule has 0 amide bonds. The van der Waals surface area contributed by atoms with Crippen LogP contribution in [-0.4, -0.2) is 16.0 Å². The fraction of sp³-hybridized carbons (Fsp3) is 0.0833. The van der Waals surface area contributed by atoms with Gasteiger partial charge in [-0.15, -0.1) is 0 Å². The minimum absolute atomic E-state index is 0.0359. The molecule has 0 aliphatic carbocycles. The van der Waals surface area contributed by atoms with Crippen molar-refractivity contribution >= 4 is 35.1 Å². The summed E-state index contributed by atoms with van der Waals surface area (Å²) in [7, 11) is 1.52. The third kappa shape index (κ3) is 3.13. The Hall–Kier alpha value is -1.85. The van der Waals surface area contributed by atoms with Crippen molar-refractivity contribution in [1.29, 1.82) is 0 Å². The molecule has 5 nitrogen and oxygen atoms in total. The van der Waals surface area contributed by atoms with Gasteiger partial charge in [0.05, 0.1) is 12.4 Å². The number of aryl methyl sites for hydroxylation is 1. The molecule has 1 aromatic heterocycles.